The summed E-state index contributed by atoms with van der Waals surface area (Å²) in [7, 11) is 0. The van der Waals surface area contributed by atoms with Gasteiger partial charge in [0.15, 0.2) is 0 Å². The Labute approximate surface area is 113 Å². The molecule has 0 saturated carbocycles. The molecule has 3 heterocycles. The van der Waals surface area contributed by atoms with Crippen LogP contribution in [0.3, 0.4) is 0 Å². The zero-order chi connectivity index (χ0) is 13.9. The van der Waals surface area contributed by atoms with Crippen LogP contribution in [0.15, 0.2) is 0 Å². The highest BCUT2D eigenvalue weighted by atomic mass is 32.2. The Morgan fingerprint density at radius 2 is 2.21 bits per heavy atom. The second-order valence-corrected chi connectivity index (χ2v) is 5.99. The smallest absolute Gasteiger partial charge is 0.327 e. The lowest BCUT2D eigenvalue weighted by atomic mass is 10.2. The van der Waals surface area contributed by atoms with Gasteiger partial charge in [-0.2, -0.15) is 0 Å². The van der Waals surface area contributed by atoms with Gasteiger partial charge in [0.05, 0.1) is 0 Å². The van der Waals surface area contributed by atoms with Crippen molar-refractivity contribution in [1.29, 1.82) is 0 Å². The Balaban J connectivity index is 2.06. The lowest BCUT2D eigenvalue weighted by Gasteiger charge is -2.33. The van der Waals surface area contributed by atoms with Crippen LogP contribution in [-0.2, 0) is 14.4 Å². The second kappa shape index (κ2) is 3.84. The lowest BCUT2D eigenvalue weighted by molar-refractivity contribution is -0.149. The van der Waals surface area contributed by atoms with E-state index in [9.17, 15) is 19.5 Å². The minimum atomic E-state index is -1.07. The molecule has 0 aromatic heterocycles. The molecular formula is C10H14N4O4S. The van der Waals surface area contributed by atoms with Gasteiger partial charge >= 0.3 is 5.97 Å². The number of carboxylic acid groups (broad SMARTS) is 1. The summed E-state index contributed by atoms with van der Waals surface area (Å²) in [5, 5.41) is 11.2. The number of hydrogen-bond donors (Lipinski definition) is 3. The normalized spacial score (nSPS) is 40.8. The number of carbonyl (C=O) groups excluding carboxylic acids is 2. The van der Waals surface area contributed by atoms with Crippen molar-refractivity contribution in [3.8, 4) is 0 Å². The maximum atomic E-state index is 12.2. The molecule has 0 aliphatic carbocycles. The predicted octanol–water partition coefficient (Wildman–Crippen LogP) is -2.21. The lowest BCUT2D eigenvalue weighted by Crippen LogP contribution is -2.57. The van der Waals surface area contributed by atoms with Crippen LogP contribution in [0.5, 0.6) is 0 Å². The summed E-state index contributed by atoms with van der Waals surface area (Å²) in [6.45, 7) is 1.73. The molecule has 9 heteroatoms. The minimum absolute atomic E-state index is 0.115. The van der Waals surface area contributed by atoms with Crippen LogP contribution in [0.25, 0.3) is 0 Å². The van der Waals surface area contributed by atoms with E-state index in [0.717, 1.165) is 0 Å². The van der Waals surface area contributed by atoms with E-state index >= 15 is 0 Å². The Morgan fingerprint density at radius 1 is 1.53 bits per heavy atom. The van der Waals surface area contributed by atoms with Crippen LogP contribution in [-0.4, -0.2) is 68.2 Å². The van der Waals surface area contributed by atoms with Gasteiger partial charge in [-0.15, -0.1) is 0 Å². The summed E-state index contributed by atoms with van der Waals surface area (Å²) in [6, 6.07) is -2.15. The van der Waals surface area contributed by atoms with Gasteiger partial charge in [-0.05, 0) is 6.92 Å². The van der Waals surface area contributed by atoms with Gasteiger partial charge in [0.25, 0.3) is 0 Å². The molecule has 2 amide bonds. The third kappa shape index (κ3) is 1.35. The summed E-state index contributed by atoms with van der Waals surface area (Å²) in [4.78, 5) is 38.4. The molecule has 1 unspecified atom stereocenters. The number of rotatable bonds is 2. The summed E-state index contributed by atoms with van der Waals surface area (Å²) < 4.78 is 0. The summed E-state index contributed by atoms with van der Waals surface area (Å²) in [5.41, 5.74) is 5.54. The number of aliphatic carboxylic acids is 1. The topological polar surface area (TPSA) is 116 Å². The maximum Gasteiger partial charge on any atom is 0.327 e. The van der Waals surface area contributed by atoms with E-state index in [4.69, 9.17) is 5.73 Å². The van der Waals surface area contributed by atoms with E-state index in [1.165, 1.54) is 21.6 Å². The zero-order valence-electron chi connectivity index (χ0n) is 10.2. The molecule has 3 fully saturated rings. The van der Waals surface area contributed by atoms with Crippen LogP contribution in [0.1, 0.15) is 6.92 Å². The summed E-state index contributed by atoms with van der Waals surface area (Å²) in [5.74, 6) is -1.39. The molecule has 8 nitrogen and oxygen atoms in total. The summed E-state index contributed by atoms with van der Waals surface area (Å²) in [6.07, 6.45) is 0. The van der Waals surface area contributed by atoms with Gasteiger partial charge < -0.3 is 10.8 Å². The number of hydrogen-bond acceptors (Lipinski definition) is 6. The van der Waals surface area contributed by atoms with Gasteiger partial charge in [0, 0.05) is 12.3 Å². The van der Waals surface area contributed by atoms with Gasteiger partial charge in [-0.3, -0.25) is 24.7 Å². The molecule has 3 aliphatic heterocycles. The molecule has 3 aliphatic rings. The molecule has 1 spiro atoms. The molecule has 19 heavy (non-hydrogen) atoms. The minimum Gasteiger partial charge on any atom is -0.480 e. The first kappa shape index (κ1) is 12.7. The van der Waals surface area contributed by atoms with Crippen molar-refractivity contribution in [2.45, 2.75) is 30.2 Å². The van der Waals surface area contributed by atoms with Crippen molar-refractivity contribution in [3.05, 3.63) is 0 Å². The van der Waals surface area contributed by atoms with Crippen LogP contribution in [0, 0.1) is 0 Å². The van der Waals surface area contributed by atoms with Crippen LogP contribution in [0.4, 0.5) is 0 Å². The number of nitrogens with two attached hydrogens (primary N) is 1. The fourth-order valence-corrected chi connectivity index (χ4v) is 4.58. The number of carboxylic acids is 1. The number of thioether (sulfide) groups is 1. The van der Waals surface area contributed by atoms with Gasteiger partial charge in [-0.1, -0.05) is 11.8 Å². The average molecular weight is 286 g/mol. The Kier molecular flexibility index (Phi) is 2.57. The van der Waals surface area contributed by atoms with E-state index < -0.39 is 29.2 Å². The second-order valence-electron chi connectivity index (χ2n) is 4.80. The number of amides is 2. The molecule has 4 N–H and O–H groups in total. The van der Waals surface area contributed by atoms with Gasteiger partial charge in [0.1, 0.15) is 18.1 Å². The van der Waals surface area contributed by atoms with Crippen molar-refractivity contribution in [2.24, 2.45) is 5.73 Å². The first-order valence-corrected chi connectivity index (χ1v) is 6.93. The van der Waals surface area contributed by atoms with E-state index in [1.807, 2.05) is 0 Å². The molecule has 104 valence electrons. The SMILES string of the molecule is C[C@H]1C(=O)N2[C@H](C(=O)O)CSC23N[C@@H](CN)C(=O)N13. The predicted molar refractivity (Wildman–Crippen MR) is 65.7 cm³/mol. The maximum absolute atomic E-state index is 12.2. The fourth-order valence-electron chi connectivity index (χ4n) is 2.93. The third-order valence-corrected chi connectivity index (χ3v) is 5.20. The largest absolute Gasteiger partial charge is 0.480 e. The number of nitrogens with zero attached hydrogens (tertiary/aromatic N) is 2. The zero-order valence-corrected chi connectivity index (χ0v) is 11.0. The first-order chi connectivity index (χ1) is 8.94. The number of carbonyl (C=O) groups is 3. The third-order valence-electron chi connectivity index (χ3n) is 3.81. The Morgan fingerprint density at radius 3 is 2.79 bits per heavy atom. The highest BCUT2D eigenvalue weighted by molar-refractivity contribution is 8.00. The molecule has 3 rings (SSSR count). The van der Waals surface area contributed by atoms with Gasteiger partial charge in [0.2, 0.25) is 16.9 Å². The van der Waals surface area contributed by atoms with Crippen molar-refractivity contribution >= 4 is 29.5 Å². The molecule has 0 aromatic rings. The molecule has 0 aromatic carbocycles. The molecule has 0 bridgehead atoms. The van der Waals surface area contributed by atoms with Crippen LogP contribution < -0.4 is 11.1 Å². The highest BCUT2D eigenvalue weighted by Gasteiger charge is 2.69. The quantitative estimate of drug-likeness (QED) is 0.527. The molecule has 0 radical (unpaired) electrons. The molecule has 3 saturated heterocycles. The molecule has 4 atom stereocenters. The van der Waals surface area contributed by atoms with Crippen molar-refractivity contribution in [1.82, 2.24) is 15.1 Å². The van der Waals surface area contributed by atoms with E-state index in [1.54, 1.807) is 6.92 Å². The highest BCUT2D eigenvalue weighted by Crippen LogP contribution is 2.49. The van der Waals surface area contributed by atoms with Gasteiger partial charge in [-0.25, -0.2) is 4.79 Å². The molecular weight excluding hydrogens is 272 g/mol. The first-order valence-electron chi connectivity index (χ1n) is 5.95. The Hall–Kier alpha value is -1.32. The van der Waals surface area contributed by atoms with Crippen LogP contribution in [0.2, 0.25) is 0 Å². The van der Waals surface area contributed by atoms with E-state index in [-0.39, 0.29) is 24.1 Å². The Bertz CT molecular complexity index is 486. The van der Waals surface area contributed by atoms with Crippen molar-refractivity contribution < 1.29 is 19.5 Å². The monoisotopic (exact) mass is 286 g/mol. The van der Waals surface area contributed by atoms with E-state index in [2.05, 4.69) is 5.32 Å². The van der Waals surface area contributed by atoms with Crippen LogP contribution >= 0.6 is 11.8 Å². The standard InChI is InChI=1S/C10H14N4O4S/c1-4-7(15)14-6(9(17)18)3-19-10(14)12-5(2-11)8(16)13(4)10/h4-6,12H,2-3,11H2,1H3,(H,17,18)/t4-,5-,6-,10?/m0/s1. The van der Waals surface area contributed by atoms with Crippen molar-refractivity contribution in [2.75, 3.05) is 12.3 Å². The van der Waals surface area contributed by atoms with Crippen molar-refractivity contribution in [3.63, 3.8) is 0 Å². The van der Waals surface area contributed by atoms with E-state index in [0.29, 0.717) is 0 Å². The number of nitrogens with one attached hydrogen (secondary N) is 1. The average Bonchev–Trinajstić information content (AvgIpc) is 2.92. The summed E-state index contributed by atoms with van der Waals surface area (Å²) >= 11 is 1.26. The fraction of sp³-hybridized carbons (Fsp3) is 0.700.